The Kier molecular flexibility index (Phi) is 5.60. The van der Waals surface area contributed by atoms with E-state index in [0.29, 0.717) is 0 Å². The number of hydrogen-bond acceptors (Lipinski definition) is 5. The van der Waals surface area contributed by atoms with Crippen LogP contribution < -0.4 is 5.73 Å². The summed E-state index contributed by atoms with van der Waals surface area (Å²) in [6.07, 6.45) is 3.47. The summed E-state index contributed by atoms with van der Waals surface area (Å²) in [5, 5.41) is 9.37. The van der Waals surface area contributed by atoms with Crippen LogP contribution >= 0.6 is 0 Å². The fourth-order valence-corrected chi connectivity index (χ4v) is 3.72. The Morgan fingerprint density at radius 2 is 1.88 bits per heavy atom. The van der Waals surface area contributed by atoms with Crippen molar-refractivity contribution in [2.45, 2.75) is 65.0 Å². The van der Waals surface area contributed by atoms with Gasteiger partial charge in [0.2, 0.25) is 0 Å². The Labute approximate surface area is 144 Å². The molecule has 2 rings (SSSR count). The monoisotopic (exact) mass is 340 g/mol. The van der Waals surface area contributed by atoms with Gasteiger partial charge in [-0.2, -0.15) is 0 Å². The molecule has 24 heavy (non-hydrogen) atoms. The third-order valence-corrected chi connectivity index (χ3v) is 5.70. The van der Waals surface area contributed by atoms with Gasteiger partial charge < -0.3 is 20.5 Å². The molecule has 6 nitrogen and oxygen atoms in total. The van der Waals surface area contributed by atoms with E-state index in [2.05, 4.69) is 4.90 Å². The summed E-state index contributed by atoms with van der Waals surface area (Å²) in [7, 11) is 0. The molecule has 1 heterocycles. The van der Waals surface area contributed by atoms with Crippen molar-refractivity contribution in [3.8, 4) is 0 Å². The quantitative estimate of drug-likeness (QED) is 0.742. The first kappa shape index (κ1) is 19.2. The van der Waals surface area contributed by atoms with Gasteiger partial charge in [0.25, 0.3) is 0 Å². The van der Waals surface area contributed by atoms with Crippen molar-refractivity contribution in [3.63, 3.8) is 0 Å². The molecule has 1 aliphatic heterocycles. The van der Waals surface area contributed by atoms with E-state index in [-0.39, 0.29) is 17.8 Å². The fourth-order valence-electron chi connectivity index (χ4n) is 3.72. The summed E-state index contributed by atoms with van der Waals surface area (Å²) in [6, 6.07) is -0.570. The molecule has 2 fully saturated rings. The van der Waals surface area contributed by atoms with Crippen molar-refractivity contribution in [1.82, 2.24) is 4.90 Å². The molecule has 2 unspecified atom stereocenters. The zero-order valence-electron chi connectivity index (χ0n) is 15.4. The fraction of sp³-hybridized carbons (Fsp3) is 0.889. The minimum atomic E-state index is -0.680. The SMILES string of the molecule is CC(C)(C)OC(=O)[C@H](N)C1CCN(CC2CCC2(C)C(=O)O)CC1. The van der Waals surface area contributed by atoms with Crippen molar-refractivity contribution < 1.29 is 19.4 Å². The van der Waals surface area contributed by atoms with Gasteiger partial charge >= 0.3 is 11.9 Å². The molecule has 1 saturated carbocycles. The number of nitrogens with two attached hydrogens (primary N) is 1. The number of carboxylic acid groups (broad SMARTS) is 1. The van der Waals surface area contributed by atoms with E-state index in [9.17, 15) is 14.7 Å². The van der Waals surface area contributed by atoms with Crippen LogP contribution in [0.5, 0.6) is 0 Å². The van der Waals surface area contributed by atoms with Crippen LogP contribution in [0, 0.1) is 17.3 Å². The van der Waals surface area contributed by atoms with Crippen LogP contribution in [-0.4, -0.2) is 53.2 Å². The maximum atomic E-state index is 12.1. The van der Waals surface area contributed by atoms with Crippen LogP contribution in [0.15, 0.2) is 0 Å². The molecule has 138 valence electrons. The highest BCUT2D eigenvalue weighted by Crippen LogP contribution is 2.47. The lowest BCUT2D eigenvalue weighted by atomic mass is 9.61. The Hall–Kier alpha value is -1.14. The average molecular weight is 340 g/mol. The largest absolute Gasteiger partial charge is 0.481 e. The van der Waals surface area contributed by atoms with E-state index in [1.807, 2.05) is 27.7 Å². The zero-order chi connectivity index (χ0) is 18.1. The standard InChI is InChI=1S/C18H32N2O4/c1-17(2,3)24-15(21)14(19)12-6-9-20(10-7-12)11-13-5-8-18(13,4)16(22)23/h12-14H,5-11,19H2,1-4H3,(H,22,23)/t13?,14-,18?/m1/s1. The van der Waals surface area contributed by atoms with E-state index in [1.165, 1.54) is 0 Å². The number of nitrogens with zero attached hydrogens (tertiary/aromatic N) is 1. The maximum absolute atomic E-state index is 12.1. The highest BCUT2D eigenvalue weighted by Gasteiger charge is 2.49. The molecule has 0 spiro atoms. The van der Waals surface area contributed by atoms with Gasteiger partial charge in [0.1, 0.15) is 11.6 Å². The molecule has 2 aliphatic rings. The van der Waals surface area contributed by atoms with E-state index in [4.69, 9.17) is 10.5 Å². The summed E-state index contributed by atoms with van der Waals surface area (Å²) < 4.78 is 5.38. The first-order valence-corrected chi connectivity index (χ1v) is 8.97. The Morgan fingerprint density at radius 3 is 2.29 bits per heavy atom. The zero-order valence-corrected chi connectivity index (χ0v) is 15.4. The number of likely N-dealkylation sites (tertiary alicyclic amines) is 1. The average Bonchev–Trinajstić information content (AvgIpc) is 2.48. The van der Waals surface area contributed by atoms with E-state index < -0.39 is 23.0 Å². The Bertz CT molecular complexity index is 480. The van der Waals surface area contributed by atoms with E-state index >= 15 is 0 Å². The summed E-state index contributed by atoms with van der Waals surface area (Å²) in [5.74, 6) is -0.631. The predicted molar refractivity (Wildman–Crippen MR) is 91.5 cm³/mol. The molecule has 1 saturated heterocycles. The van der Waals surface area contributed by atoms with Crippen LogP contribution in [0.3, 0.4) is 0 Å². The number of carboxylic acids is 1. The van der Waals surface area contributed by atoms with Crippen LogP contribution in [0.25, 0.3) is 0 Å². The Morgan fingerprint density at radius 1 is 1.29 bits per heavy atom. The van der Waals surface area contributed by atoms with Gasteiger partial charge in [0.15, 0.2) is 0 Å². The number of carbonyl (C=O) groups is 2. The summed E-state index contributed by atoms with van der Waals surface area (Å²) in [5.41, 5.74) is 5.02. The molecule has 0 aromatic heterocycles. The second-order valence-corrected chi connectivity index (χ2v) is 8.66. The molecule has 1 aliphatic carbocycles. The first-order valence-electron chi connectivity index (χ1n) is 8.97. The lowest BCUT2D eigenvalue weighted by Gasteiger charge is -2.47. The molecule has 3 atom stereocenters. The van der Waals surface area contributed by atoms with E-state index in [1.54, 1.807) is 0 Å². The second-order valence-electron chi connectivity index (χ2n) is 8.66. The number of ether oxygens (including phenoxy) is 1. The number of rotatable bonds is 5. The molecule has 6 heteroatoms. The molecular weight excluding hydrogens is 308 g/mol. The van der Waals surface area contributed by atoms with E-state index in [0.717, 1.165) is 45.3 Å². The number of hydrogen-bond donors (Lipinski definition) is 2. The molecule has 0 bridgehead atoms. The summed E-state index contributed by atoms with van der Waals surface area (Å²) in [4.78, 5) is 25.8. The van der Waals surface area contributed by atoms with Gasteiger partial charge in [-0.05, 0) is 78.3 Å². The topological polar surface area (TPSA) is 92.9 Å². The van der Waals surface area contributed by atoms with Crippen molar-refractivity contribution >= 4 is 11.9 Å². The number of esters is 1. The minimum Gasteiger partial charge on any atom is -0.481 e. The van der Waals surface area contributed by atoms with Gasteiger partial charge in [0, 0.05) is 6.54 Å². The van der Waals surface area contributed by atoms with Gasteiger partial charge in [-0.15, -0.1) is 0 Å². The van der Waals surface area contributed by atoms with Crippen LogP contribution in [-0.2, 0) is 14.3 Å². The maximum Gasteiger partial charge on any atom is 0.323 e. The molecule has 0 aromatic carbocycles. The second kappa shape index (κ2) is 7.00. The molecule has 0 amide bonds. The summed E-state index contributed by atoms with van der Waals surface area (Å²) >= 11 is 0. The van der Waals surface area contributed by atoms with Crippen molar-refractivity contribution in [2.75, 3.05) is 19.6 Å². The van der Waals surface area contributed by atoms with Gasteiger partial charge in [-0.3, -0.25) is 9.59 Å². The van der Waals surface area contributed by atoms with Gasteiger partial charge in [0.05, 0.1) is 5.41 Å². The number of piperidine rings is 1. The lowest BCUT2D eigenvalue weighted by molar-refractivity contribution is -0.161. The van der Waals surface area contributed by atoms with Gasteiger partial charge in [-0.25, -0.2) is 0 Å². The van der Waals surface area contributed by atoms with Crippen LogP contribution in [0.1, 0.15) is 53.4 Å². The number of aliphatic carboxylic acids is 1. The highest BCUT2D eigenvalue weighted by molar-refractivity contribution is 5.76. The third kappa shape index (κ3) is 4.28. The third-order valence-electron chi connectivity index (χ3n) is 5.70. The molecule has 3 N–H and O–H groups in total. The van der Waals surface area contributed by atoms with Gasteiger partial charge in [-0.1, -0.05) is 0 Å². The molecule has 0 radical (unpaired) electrons. The molecular formula is C18H32N2O4. The first-order chi connectivity index (χ1) is 11.0. The van der Waals surface area contributed by atoms with Crippen LogP contribution in [0.2, 0.25) is 0 Å². The lowest BCUT2D eigenvalue weighted by Crippen LogP contribution is -2.52. The Balaban J connectivity index is 1.79. The predicted octanol–water partition coefficient (Wildman–Crippen LogP) is 1.87. The van der Waals surface area contributed by atoms with Crippen molar-refractivity contribution in [1.29, 1.82) is 0 Å². The summed E-state index contributed by atoms with van der Waals surface area (Å²) in [6.45, 7) is 9.96. The normalized spacial score (nSPS) is 30.5. The smallest absolute Gasteiger partial charge is 0.323 e. The van der Waals surface area contributed by atoms with Crippen LogP contribution in [0.4, 0.5) is 0 Å². The van der Waals surface area contributed by atoms with Crippen molar-refractivity contribution in [2.24, 2.45) is 23.0 Å². The highest BCUT2D eigenvalue weighted by atomic mass is 16.6. The van der Waals surface area contributed by atoms with Crippen molar-refractivity contribution in [3.05, 3.63) is 0 Å². The number of carbonyl (C=O) groups excluding carboxylic acids is 1. The molecule has 0 aromatic rings. The minimum absolute atomic E-state index is 0.142.